The van der Waals surface area contributed by atoms with E-state index in [2.05, 4.69) is 25.6 Å². The SMILES string of the molecule is Nc1nc(Cl)nc(Nc2cc(Nc3cc(S(=O)(=O)O)c(N)c4c3C(=O)c3ccccc3C4=O)ccc2S(=O)(=O)O)n1. The summed E-state index contributed by atoms with van der Waals surface area (Å²) in [5.74, 6) is -2.02. The highest BCUT2D eigenvalue weighted by Crippen LogP contribution is 2.40. The molecule has 1 heterocycles. The van der Waals surface area contributed by atoms with Crippen LogP contribution in [0.25, 0.3) is 0 Å². The summed E-state index contributed by atoms with van der Waals surface area (Å²) in [6, 6.07) is 9.96. The van der Waals surface area contributed by atoms with Crippen LogP contribution in [0.15, 0.2) is 58.3 Å². The predicted octanol–water partition coefficient (Wildman–Crippen LogP) is 2.45. The molecule has 1 aromatic heterocycles. The molecular weight excluding hydrogens is 602 g/mol. The topological polar surface area (TPSA) is 258 Å². The molecule has 0 aliphatic heterocycles. The molecule has 0 spiro atoms. The van der Waals surface area contributed by atoms with Crippen LogP contribution < -0.4 is 22.1 Å². The molecule has 8 N–H and O–H groups in total. The van der Waals surface area contributed by atoms with Gasteiger partial charge >= 0.3 is 0 Å². The van der Waals surface area contributed by atoms with Crippen molar-refractivity contribution in [1.29, 1.82) is 0 Å². The van der Waals surface area contributed by atoms with E-state index in [0.717, 1.165) is 18.2 Å². The molecule has 0 fully saturated rings. The smallest absolute Gasteiger partial charge is 0.296 e. The predicted molar refractivity (Wildman–Crippen MR) is 146 cm³/mol. The van der Waals surface area contributed by atoms with Gasteiger partial charge in [0.25, 0.3) is 20.2 Å². The van der Waals surface area contributed by atoms with E-state index in [-0.39, 0.29) is 50.9 Å². The Morgan fingerprint density at radius 3 is 1.93 bits per heavy atom. The molecule has 0 atom stereocenters. The summed E-state index contributed by atoms with van der Waals surface area (Å²) in [5.41, 5.74) is 9.63. The van der Waals surface area contributed by atoms with Gasteiger partial charge in [-0.3, -0.25) is 18.7 Å². The summed E-state index contributed by atoms with van der Waals surface area (Å²) >= 11 is 5.78. The third-order valence-electron chi connectivity index (χ3n) is 5.89. The zero-order chi connectivity index (χ0) is 29.9. The number of nitrogen functional groups attached to an aromatic ring is 2. The molecule has 1 aliphatic carbocycles. The number of anilines is 6. The summed E-state index contributed by atoms with van der Waals surface area (Å²) in [6.45, 7) is 0. The van der Waals surface area contributed by atoms with Crippen molar-refractivity contribution in [2.45, 2.75) is 9.79 Å². The van der Waals surface area contributed by atoms with E-state index in [1.807, 2.05) is 0 Å². The number of hydrogen-bond acceptors (Lipinski definition) is 13. The zero-order valence-corrected chi connectivity index (χ0v) is 22.5. The Morgan fingerprint density at radius 2 is 1.34 bits per heavy atom. The maximum Gasteiger partial charge on any atom is 0.296 e. The van der Waals surface area contributed by atoms with E-state index in [1.165, 1.54) is 30.3 Å². The van der Waals surface area contributed by atoms with Crippen LogP contribution in [-0.4, -0.2) is 52.5 Å². The third-order valence-corrected chi connectivity index (χ3v) is 7.86. The first kappa shape index (κ1) is 27.9. The first-order chi connectivity index (χ1) is 19.1. The zero-order valence-electron chi connectivity index (χ0n) is 20.2. The lowest BCUT2D eigenvalue weighted by Crippen LogP contribution is -2.25. The quantitative estimate of drug-likeness (QED) is 0.118. The number of benzene rings is 3. The van der Waals surface area contributed by atoms with Crippen molar-refractivity contribution >= 4 is 78.0 Å². The van der Waals surface area contributed by atoms with Gasteiger partial charge in [-0.05, 0) is 35.9 Å². The standard InChI is InChI=1S/C23H16ClN7O8S2/c24-21-29-22(26)31-23(30-21)28-12-7-9(5-6-14(12)40(34,35)36)27-13-8-15(41(37,38)39)18(25)17-16(13)19(32)10-3-1-2-4-11(10)20(17)33/h1-8,27H,25H2,(H,34,35,36)(H,37,38,39)(H3,26,28,29,30,31). The lowest BCUT2D eigenvalue weighted by Gasteiger charge is -2.24. The van der Waals surface area contributed by atoms with Gasteiger partial charge < -0.3 is 22.1 Å². The number of carbonyl (C=O) groups is 2. The lowest BCUT2D eigenvalue weighted by molar-refractivity contribution is 0.0980. The van der Waals surface area contributed by atoms with Crippen molar-refractivity contribution in [1.82, 2.24) is 15.0 Å². The van der Waals surface area contributed by atoms with Crippen molar-refractivity contribution in [3.63, 3.8) is 0 Å². The van der Waals surface area contributed by atoms with E-state index in [1.54, 1.807) is 0 Å². The number of ketones is 2. The Kier molecular flexibility index (Phi) is 6.63. The van der Waals surface area contributed by atoms with Gasteiger partial charge in [0.1, 0.15) is 9.79 Å². The fourth-order valence-corrected chi connectivity index (χ4v) is 5.67. The van der Waals surface area contributed by atoms with Crippen molar-refractivity contribution in [2.24, 2.45) is 0 Å². The first-order valence-corrected chi connectivity index (χ1v) is 14.4. The second-order valence-corrected chi connectivity index (χ2v) is 11.6. The van der Waals surface area contributed by atoms with E-state index in [0.29, 0.717) is 0 Å². The van der Waals surface area contributed by atoms with Crippen LogP contribution in [0.1, 0.15) is 31.8 Å². The molecule has 3 aromatic carbocycles. The third kappa shape index (κ3) is 5.14. The van der Waals surface area contributed by atoms with Gasteiger partial charge in [0.15, 0.2) is 11.6 Å². The monoisotopic (exact) mass is 617 g/mol. The fourth-order valence-electron chi connectivity index (χ4n) is 4.23. The van der Waals surface area contributed by atoms with Crippen LogP contribution in [-0.2, 0) is 20.2 Å². The number of nitrogens with zero attached hydrogens (tertiary/aromatic N) is 3. The largest absolute Gasteiger partial charge is 0.397 e. The van der Waals surface area contributed by atoms with E-state index in [9.17, 15) is 35.5 Å². The van der Waals surface area contributed by atoms with Gasteiger partial charge in [-0.25, -0.2) is 0 Å². The number of carbonyl (C=O) groups excluding carboxylic acids is 2. The van der Waals surface area contributed by atoms with Crippen LogP contribution in [0, 0.1) is 0 Å². The summed E-state index contributed by atoms with van der Waals surface area (Å²) < 4.78 is 67.9. The molecule has 0 amide bonds. The van der Waals surface area contributed by atoms with Gasteiger partial charge in [-0.1, -0.05) is 24.3 Å². The highest BCUT2D eigenvalue weighted by Gasteiger charge is 2.36. The molecule has 210 valence electrons. The molecule has 0 unspecified atom stereocenters. The van der Waals surface area contributed by atoms with Crippen molar-refractivity contribution in [2.75, 3.05) is 22.1 Å². The van der Waals surface area contributed by atoms with Crippen LogP contribution in [0.2, 0.25) is 5.28 Å². The molecule has 41 heavy (non-hydrogen) atoms. The number of hydrogen-bond donors (Lipinski definition) is 6. The number of fused-ring (bicyclic) bond motifs is 2. The maximum atomic E-state index is 13.5. The van der Waals surface area contributed by atoms with Crippen molar-refractivity contribution < 1.29 is 35.5 Å². The summed E-state index contributed by atoms with van der Waals surface area (Å²) in [4.78, 5) is 36.5. The highest BCUT2D eigenvalue weighted by molar-refractivity contribution is 7.86. The van der Waals surface area contributed by atoms with Crippen molar-refractivity contribution in [3.8, 4) is 0 Å². The molecule has 18 heteroatoms. The highest BCUT2D eigenvalue weighted by atomic mass is 35.5. The van der Waals surface area contributed by atoms with Crippen LogP contribution in [0.4, 0.5) is 34.6 Å². The summed E-state index contributed by atoms with van der Waals surface area (Å²) in [5, 5.41) is 4.97. The van der Waals surface area contributed by atoms with E-state index >= 15 is 0 Å². The second kappa shape index (κ2) is 9.75. The maximum absolute atomic E-state index is 13.5. The van der Waals surface area contributed by atoms with Gasteiger partial charge in [0.05, 0.1) is 28.2 Å². The number of halogens is 1. The molecule has 15 nitrogen and oxygen atoms in total. The Labute approximate surface area is 236 Å². The number of nitrogens with two attached hydrogens (primary N) is 2. The lowest BCUT2D eigenvalue weighted by atomic mass is 9.82. The van der Waals surface area contributed by atoms with E-state index < -0.39 is 52.8 Å². The summed E-state index contributed by atoms with van der Waals surface area (Å²) in [7, 11) is -9.80. The van der Waals surface area contributed by atoms with Gasteiger partial charge in [0, 0.05) is 16.8 Å². The Morgan fingerprint density at radius 1 is 0.732 bits per heavy atom. The number of rotatable bonds is 6. The molecule has 4 aromatic rings. The molecule has 0 radical (unpaired) electrons. The number of nitrogens with one attached hydrogen (secondary N) is 2. The van der Waals surface area contributed by atoms with Gasteiger partial charge in [-0.15, -0.1) is 0 Å². The molecule has 0 saturated heterocycles. The van der Waals surface area contributed by atoms with Crippen LogP contribution in [0.3, 0.4) is 0 Å². The average Bonchev–Trinajstić information content (AvgIpc) is 2.86. The Balaban J connectivity index is 1.69. The van der Waals surface area contributed by atoms with E-state index in [4.69, 9.17) is 23.1 Å². The Bertz CT molecular complexity index is 2020. The minimum absolute atomic E-state index is 0.0143. The molecule has 0 bridgehead atoms. The molecule has 5 rings (SSSR count). The first-order valence-electron chi connectivity index (χ1n) is 11.1. The molecular formula is C23H16ClN7O8S2. The average molecular weight is 618 g/mol. The van der Waals surface area contributed by atoms with Gasteiger partial charge in [0.2, 0.25) is 17.2 Å². The number of aromatic nitrogens is 3. The molecule has 0 saturated carbocycles. The fraction of sp³-hybridized carbons (Fsp3) is 0. The van der Waals surface area contributed by atoms with Crippen LogP contribution >= 0.6 is 11.6 Å². The minimum Gasteiger partial charge on any atom is -0.397 e. The Hall–Kier alpha value is -4.68. The normalized spacial score (nSPS) is 13.0. The van der Waals surface area contributed by atoms with Crippen molar-refractivity contribution in [3.05, 3.63) is 76.1 Å². The second-order valence-electron chi connectivity index (χ2n) is 8.49. The van der Waals surface area contributed by atoms with Crippen LogP contribution in [0.5, 0.6) is 0 Å². The van der Waals surface area contributed by atoms with Gasteiger partial charge in [-0.2, -0.15) is 31.8 Å². The molecule has 1 aliphatic rings. The minimum atomic E-state index is -4.98. The summed E-state index contributed by atoms with van der Waals surface area (Å²) in [6.07, 6.45) is 0.